The molecule has 20 heteroatoms. The smallest absolute Gasteiger partial charge is 0.377 e. The van der Waals surface area contributed by atoms with Gasteiger partial charge in [-0.3, -0.25) is 14.4 Å². The van der Waals surface area contributed by atoms with E-state index in [4.69, 9.17) is 16.3 Å². The Morgan fingerprint density at radius 1 is 1.06 bits per heavy atom. The van der Waals surface area contributed by atoms with Crippen molar-refractivity contribution in [3.63, 3.8) is 0 Å². The summed E-state index contributed by atoms with van der Waals surface area (Å²) in [5.74, 6) is -0.347. The molecular weight excluding hydrogens is 700 g/mol. The van der Waals surface area contributed by atoms with Crippen LogP contribution in [0.2, 0.25) is 5.02 Å². The summed E-state index contributed by atoms with van der Waals surface area (Å²) in [5, 5.41) is 9.05. The SMILES string of the molecule is CCc1c(N2CCN(c3c[nH]n(CC(F)(F)F)c3=O)CC2)c(=O)n2nc(C3=CCOCC3)nc2n1CC(=O)Nc1ccc(C(F)(F)F)cc1Cl. The number of benzene rings is 1. The average molecular weight is 730 g/mol. The zero-order valence-corrected chi connectivity index (χ0v) is 27.1. The minimum atomic E-state index is -4.63. The maximum absolute atomic E-state index is 14.1. The number of carbonyl (C=O) groups excluding carboxylic acids is 1. The molecule has 3 aromatic heterocycles. The number of anilines is 3. The number of rotatable bonds is 8. The van der Waals surface area contributed by atoms with Gasteiger partial charge in [-0.1, -0.05) is 24.6 Å². The maximum Gasteiger partial charge on any atom is 0.416 e. The molecule has 0 bridgehead atoms. The number of amides is 1. The van der Waals surface area contributed by atoms with E-state index >= 15 is 0 Å². The number of halogens is 7. The number of nitrogens with one attached hydrogen (secondary N) is 2. The van der Waals surface area contributed by atoms with Crippen molar-refractivity contribution in [3.05, 3.63) is 73.3 Å². The van der Waals surface area contributed by atoms with Crippen LogP contribution in [0.5, 0.6) is 0 Å². The van der Waals surface area contributed by atoms with Crippen molar-refractivity contribution < 1.29 is 35.9 Å². The first-order chi connectivity index (χ1) is 23.6. The summed E-state index contributed by atoms with van der Waals surface area (Å²) < 4.78 is 86.7. The summed E-state index contributed by atoms with van der Waals surface area (Å²) in [6, 6.07) is 2.54. The standard InChI is InChI=1S/C30H30ClF6N9O4/c1-2-21-24(43-9-7-42(8-10-43)22-14-38-45(26(22)48)16-29(32,33)34)27(49)46-28(40-25(41-46)17-5-11-50-12-6-17)44(21)15-23(47)39-20-4-3-18(13-19(20)31)30(35,36)37/h3-5,13-14,38H,2,6-12,15-16H2,1H3,(H,39,47). The fourth-order valence-electron chi connectivity index (χ4n) is 6.01. The largest absolute Gasteiger partial charge is 0.416 e. The highest BCUT2D eigenvalue weighted by atomic mass is 35.5. The monoisotopic (exact) mass is 729 g/mol. The molecule has 13 nitrogen and oxygen atoms in total. The Morgan fingerprint density at radius 2 is 1.78 bits per heavy atom. The van der Waals surface area contributed by atoms with E-state index in [0.29, 0.717) is 36.1 Å². The molecule has 0 aliphatic carbocycles. The lowest BCUT2D eigenvalue weighted by Gasteiger charge is -2.37. The summed E-state index contributed by atoms with van der Waals surface area (Å²) in [5.41, 5.74) is -0.963. The van der Waals surface area contributed by atoms with Crippen LogP contribution < -0.4 is 26.2 Å². The number of aromatic amines is 1. The van der Waals surface area contributed by atoms with Gasteiger partial charge in [0.15, 0.2) is 5.82 Å². The Kier molecular flexibility index (Phi) is 9.47. The first kappa shape index (κ1) is 35.1. The van der Waals surface area contributed by atoms with Crippen LogP contribution >= 0.6 is 11.6 Å². The fourth-order valence-corrected chi connectivity index (χ4v) is 6.24. The van der Waals surface area contributed by atoms with Gasteiger partial charge in [-0.05, 0) is 36.6 Å². The molecule has 1 saturated heterocycles. The van der Waals surface area contributed by atoms with E-state index in [1.807, 2.05) is 0 Å². The second-order valence-electron chi connectivity index (χ2n) is 11.6. The van der Waals surface area contributed by atoms with E-state index < -0.39 is 48.0 Å². The molecule has 2 aliphatic rings. The Balaban J connectivity index is 1.34. The van der Waals surface area contributed by atoms with Crippen LogP contribution in [0.15, 0.2) is 40.1 Å². The molecule has 0 saturated carbocycles. The van der Waals surface area contributed by atoms with Crippen LogP contribution in [-0.4, -0.2) is 80.4 Å². The number of fused-ring (bicyclic) bond motifs is 1. The topological polar surface area (TPSA) is 135 Å². The van der Waals surface area contributed by atoms with E-state index in [2.05, 4.69) is 20.5 Å². The highest BCUT2D eigenvalue weighted by Crippen LogP contribution is 2.34. The molecule has 6 rings (SSSR count). The Morgan fingerprint density at radius 3 is 2.40 bits per heavy atom. The molecule has 0 spiro atoms. The summed E-state index contributed by atoms with van der Waals surface area (Å²) >= 11 is 6.08. The van der Waals surface area contributed by atoms with Gasteiger partial charge in [0.2, 0.25) is 11.7 Å². The Hall–Kier alpha value is -4.78. The molecule has 1 aromatic carbocycles. The second-order valence-corrected chi connectivity index (χ2v) is 12.0. The van der Waals surface area contributed by atoms with E-state index in [1.165, 1.54) is 10.8 Å². The number of hydrogen-bond donors (Lipinski definition) is 2. The van der Waals surface area contributed by atoms with Gasteiger partial charge < -0.3 is 29.5 Å². The van der Waals surface area contributed by atoms with Gasteiger partial charge in [-0.15, -0.1) is 5.10 Å². The van der Waals surface area contributed by atoms with Crippen LogP contribution in [-0.2, 0) is 35.2 Å². The minimum Gasteiger partial charge on any atom is -0.377 e. The van der Waals surface area contributed by atoms with E-state index in [1.54, 1.807) is 22.8 Å². The molecule has 0 atom stereocenters. The normalized spacial score (nSPS) is 15.9. The van der Waals surface area contributed by atoms with Crippen LogP contribution in [0, 0.1) is 0 Å². The molecule has 5 heterocycles. The van der Waals surface area contributed by atoms with Gasteiger partial charge in [0.25, 0.3) is 11.1 Å². The fraction of sp³-hybridized carbons (Fsp3) is 0.433. The first-order valence-electron chi connectivity index (χ1n) is 15.5. The van der Waals surface area contributed by atoms with Gasteiger partial charge in [0, 0.05) is 32.4 Å². The molecule has 50 heavy (non-hydrogen) atoms. The van der Waals surface area contributed by atoms with Gasteiger partial charge in [-0.25, -0.2) is 4.68 Å². The number of carbonyl (C=O) groups is 1. The summed E-state index contributed by atoms with van der Waals surface area (Å²) in [4.78, 5) is 48.2. The lowest BCUT2D eigenvalue weighted by Crippen LogP contribution is -2.50. The van der Waals surface area contributed by atoms with Crippen LogP contribution in [0.4, 0.5) is 43.4 Å². The number of alkyl halides is 6. The van der Waals surface area contributed by atoms with E-state index in [-0.39, 0.29) is 66.3 Å². The van der Waals surface area contributed by atoms with Gasteiger partial charge in [-0.2, -0.15) is 35.8 Å². The molecule has 1 amide bonds. The molecule has 2 aliphatic heterocycles. The van der Waals surface area contributed by atoms with Crippen molar-refractivity contribution in [3.8, 4) is 0 Å². The van der Waals surface area contributed by atoms with Gasteiger partial charge in [0.05, 0.1) is 35.2 Å². The van der Waals surface area contributed by atoms with Crippen molar-refractivity contribution in [1.82, 2.24) is 28.9 Å². The predicted molar refractivity (Wildman–Crippen MR) is 171 cm³/mol. The Labute approximate surface area is 283 Å². The quantitative estimate of drug-likeness (QED) is 0.261. The zero-order chi connectivity index (χ0) is 36.0. The predicted octanol–water partition coefficient (Wildman–Crippen LogP) is 3.95. The van der Waals surface area contributed by atoms with Crippen LogP contribution in [0.3, 0.4) is 0 Å². The third-order valence-corrected chi connectivity index (χ3v) is 8.69. The minimum absolute atomic E-state index is 0.0512. The van der Waals surface area contributed by atoms with Crippen molar-refractivity contribution in [2.75, 3.05) is 54.5 Å². The zero-order valence-electron chi connectivity index (χ0n) is 26.4. The molecule has 2 N–H and O–H groups in total. The van der Waals surface area contributed by atoms with Crippen molar-refractivity contribution >= 4 is 45.9 Å². The number of ether oxygens (including phenoxy) is 1. The molecular formula is C30H30ClF6N9O4. The highest BCUT2D eigenvalue weighted by Gasteiger charge is 2.33. The lowest BCUT2D eigenvalue weighted by molar-refractivity contribution is -0.143. The third kappa shape index (κ3) is 7.09. The van der Waals surface area contributed by atoms with Crippen molar-refractivity contribution in [2.45, 2.75) is 45.2 Å². The number of aromatic nitrogens is 6. The number of H-pyrrole nitrogens is 1. The summed E-state index contributed by atoms with van der Waals surface area (Å²) in [7, 11) is 0. The van der Waals surface area contributed by atoms with Crippen molar-refractivity contribution in [1.29, 1.82) is 0 Å². The van der Waals surface area contributed by atoms with Gasteiger partial charge in [0.1, 0.15) is 24.5 Å². The molecule has 1 fully saturated rings. The lowest BCUT2D eigenvalue weighted by atomic mass is 10.1. The number of piperazine rings is 1. The first-order valence-corrected chi connectivity index (χ1v) is 15.8. The number of hydrogen-bond acceptors (Lipinski definition) is 8. The van der Waals surface area contributed by atoms with Crippen molar-refractivity contribution in [2.24, 2.45) is 0 Å². The highest BCUT2D eigenvalue weighted by molar-refractivity contribution is 6.33. The Bertz CT molecular complexity index is 2070. The molecule has 268 valence electrons. The average Bonchev–Trinajstić information content (AvgIpc) is 3.67. The summed E-state index contributed by atoms with van der Waals surface area (Å²) in [6.45, 7) is 1.37. The van der Waals surface area contributed by atoms with Gasteiger partial charge >= 0.3 is 12.4 Å². The number of nitrogens with zero attached hydrogens (tertiary/aromatic N) is 7. The van der Waals surface area contributed by atoms with E-state index in [9.17, 15) is 40.7 Å². The third-order valence-electron chi connectivity index (χ3n) is 8.38. The van der Waals surface area contributed by atoms with Crippen LogP contribution in [0.25, 0.3) is 11.4 Å². The second kappa shape index (κ2) is 13.5. The van der Waals surface area contributed by atoms with Crippen LogP contribution in [0.1, 0.15) is 30.4 Å². The van der Waals surface area contributed by atoms with E-state index in [0.717, 1.165) is 22.2 Å². The molecule has 0 unspecified atom stereocenters. The maximum atomic E-state index is 14.1. The molecule has 0 radical (unpaired) electrons. The summed E-state index contributed by atoms with van der Waals surface area (Å²) in [6.07, 6.45) is -5.50. The molecule has 4 aromatic rings.